The van der Waals surface area contributed by atoms with E-state index in [1.165, 1.54) is 17.7 Å². The molecule has 1 aliphatic heterocycles. The predicted molar refractivity (Wildman–Crippen MR) is 101 cm³/mol. The lowest BCUT2D eigenvalue weighted by Crippen LogP contribution is -2.30. The summed E-state index contributed by atoms with van der Waals surface area (Å²) in [6, 6.07) is 10.5. The van der Waals surface area contributed by atoms with Crippen molar-refractivity contribution in [3.05, 3.63) is 46.5 Å². The fourth-order valence-corrected chi connectivity index (χ4v) is 4.38. The second-order valence-electron chi connectivity index (χ2n) is 6.83. The van der Waals surface area contributed by atoms with Crippen LogP contribution in [0.15, 0.2) is 30.3 Å². The Morgan fingerprint density at radius 1 is 1.33 bits per heavy atom. The van der Waals surface area contributed by atoms with E-state index in [1.54, 1.807) is 11.3 Å². The van der Waals surface area contributed by atoms with Gasteiger partial charge in [-0.3, -0.25) is 4.90 Å². The Kier molecular flexibility index (Phi) is 5.54. The number of hydrogen-bond acceptors (Lipinski definition) is 5. The average molecular weight is 346 g/mol. The molecule has 1 fully saturated rings. The number of hydrogen-bond donors (Lipinski definition) is 1. The summed E-state index contributed by atoms with van der Waals surface area (Å²) in [5.74, 6) is 0. The van der Waals surface area contributed by atoms with Crippen molar-refractivity contribution in [3.63, 3.8) is 0 Å². The van der Waals surface area contributed by atoms with Gasteiger partial charge in [0.1, 0.15) is 0 Å². The van der Waals surface area contributed by atoms with Gasteiger partial charge in [0.15, 0.2) is 5.13 Å². The van der Waals surface area contributed by atoms with Crippen LogP contribution in [0.2, 0.25) is 0 Å². The van der Waals surface area contributed by atoms with Crippen molar-refractivity contribution in [1.82, 2.24) is 9.88 Å². The number of nitrogens with zero attached hydrogens (tertiary/aromatic N) is 3. The highest BCUT2D eigenvalue weighted by molar-refractivity contribution is 7.15. The number of rotatable bonds is 6. The molecule has 1 saturated heterocycles. The topological polar surface area (TPSA) is 39.6 Å². The molecule has 4 nitrogen and oxygen atoms in total. The van der Waals surface area contributed by atoms with Crippen LogP contribution in [0.25, 0.3) is 0 Å². The van der Waals surface area contributed by atoms with Crippen LogP contribution in [-0.2, 0) is 6.54 Å². The Balaban J connectivity index is 1.65. The summed E-state index contributed by atoms with van der Waals surface area (Å²) in [6.45, 7) is 4.16. The van der Waals surface area contributed by atoms with E-state index in [2.05, 4.69) is 21.7 Å². The molecule has 2 unspecified atom stereocenters. The van der Waals surface area contributed by atoms with Crippen molar-refractivity contribution in [3.8, 4) is 0 Å². The van der Waals surface area contributed by atoms with Crippen molar-refractivity contribution in [2.45, 2.75) is 44.9 Å². The fourth-order valence-electron chi connectivity index (χ4n) is 3.37. The first-order valence-electron chi connectivity index (χ1n) is 8.65. The van der Waals surface area contributed by atoms with E-state index in [4.69, 9.17) is 0 Å². The maximum atomic E-state index is 10.6. The van der Waals surface area contributed by atoms with Crippen molar-refractivity contribution >= 4 is 16.5 Å². The largest absolute Gasteiger partial charge is 0.388 e. The fraction of sp³-hybridized carbons (Fsp3) is 0.526. The molecule has 0 spiro atoms. The highest BCUT2D eigenvalue weighted by Crippen LogP contribution is 2.32. The second-order valence-corrected chi connectivity index (χ2v) is 7.89. The maximum absolute atomic E-state index is 10.6. The maximum Gasteiger partial charge on any atom is 0.185 e. The zero-order valence-corrected chi connectivity index (χ0v) is 15.6. The van der Waals surface area contributed by atoms with Crippen molar-refractivity contribution in [2.24, 2.45) is 0 Å². The number of aryl methyl sites for hydroxylation is 1. The number of likely N-dealkylation sites (tertiary alicyclic amines) is 1. The lowest BCUT2D eigenvalue weighted by Gasteiger charge is -2.26. The van der Waals surface area contributed by atoms with E-state index in [1.807, 2.05) is 44.4 Å². The standard InChI is InChI=1S/C19H27N3OS/c1-14-18(24-19(20-14)21(2)3)13-22-11-7-10-16(22)12-17(23)15-8-5-4-6-9-15/h4-6,8-9,16-17,23H,7,10-13H2,1-3H3. The Hall–Kier alpha value is -1.43. The molecule has 5 heteroatoms. The number of benzene rings is 1. The van der Waals surface area contributed by atoms with Gasteiger partial charge in [-0.25, -0.2) is 4.98 Å². The molecule has 2 heterocycles. The third-order valence-electron chi connectivity index (χ3n) is 4.79. The van der Waals surface area contributed by atoms with Gasteiger partial charge in [-0.05, 0) is 38.3 Å². The molecular formula is C19H27N3OS. The van der Waals surface area contributed by atoms with Crippen LogP contribution < -0.4 is 4.90 Å². The minimum absolute atomic E-state index is 0.378. The highest BCUT2D eigenvalue weighted by atomic mass is 32.1. The number of anilines is 1. The van der Waals surface area contributed by atoms with E-state index in [0.29, 0.717) is 6.04 Å². The summed E-state index contributed by atoms with van der Waals surface area (Å²) in [5, 5.41) is 11.6. The van der Waals surface area contributed by atoms with E-state index in [-0.39, 0.29) is 6.10 Å². The number of thiazole rings is 1. The Labute approximate surface area is 148 Å². The monoisotopic (exact) mass is 345 g/mol. The van der Waals surface area contributed by atoms with Gasteiger partial charge >= 0.3 is 0 Å². The molecule has 3 rings (SSSR count). The molecule has 1 aromatic heterocycles. The number of aliphatic hydroxyl groups excluding tert-OH is 1. The zero-order chi connectivity index (χ0) is 17.1. The van der Waals surface area contributed by atoms with Gasteiger partial charge in [0, 0.05) is 31.6 Å². The summed E-state index contributed by atoms with van der Waals surface area (Å²) < 4.78 is 0. The molecule has 0 aliphatic carbocycles. The molecule has 1 aliphatic rings. The van der Waals surface area contributed by atoms with Crippen molar-refractivity contribution in [2.75, 3.05) is 25.5 Å². The Bertz CT molecular complexity index is 656. The first-order valence-corrected chi connectivity index (χ1v) is 9.47. The third kappa shape index (κ3) is 3.97. The first kappa shape index (κ1) is 17.4. The van der Waals surface area contributed by atoms with Crippen molar-refractivity contribution < 1.29 is 5.11 Å². The molecule has 0 bridgehead atoms. The third-order valence-corrected chi connectivity index (χ3v) is 6.10. The van der Waals surface area contributed by atoms with Gasteiger partial charge in [-0.2, -0.15) is 0 Å². The van der Waals surface area contributed by atoms with Gasteiger partial charge in [0.2, 0.25) is 0 Å². The lowest BCUT2D eigenvalue weighted by atomic mass is 10.0. The molecule has 2 aromatic rings. The smallest absolute Gasteiger partial charge is 0.185 e. The molecule has 130 valence electrons. The molecule has 0 saturated carbocycles. The minimum atomic E-state index is -0.378. The quantitative estimate of drug-likeness (QED) is 0.868. The normalized spacial score (nSPS) is 19.6. The first-order chi connectivity index (χ1) is 11.5. The van der Waals surface area contributed by atoms with Crippen LogP contribution in [0.3, 0.4) is 0 Å². The van der Waals surface area contributed by atoms with Gasteiger partial charge in [-0.15, -0.1) is 11.3 Å². The second kappa shape index (κ2) is 7.64. The summed E-state index contributed by atoms with van der Waals surface area (Å²) in [7, 11) is 4.08. The van der Waals surface area contributed by atoms with Crippen LogP contribution in [-0.4, -0.2) is 41.7 Å². The predicted octanol–water partition coefficient (Wildman–Crippen LogP) is 3.61. The zero-order valence-electron chi connectivity index (χ0n) is 14.8. The molecule has 0 amide bonds. The van der Waals surface area contributed by atoms with Crippen LogP contribution >= 0.6 is 11.3 Å². The Morgan fingerprint density at radius 3 is 2.75 bits per heavy atom. The van der Waals surface area contributed by atoms with Crippen LogP contribution in [0.1, 0.15) is 41.5 Å². The molecule has 0 radical (unpaired) electrons. The Morgan fingerprint density at radius 2 is 2.08 bits per heavy atom. The van der Waals surface area contributed by atoms with E-state index >= 15 is 0 Å². The van der Waals surface area contributed by atoms with Crippen LogP contribution in [0, 0.1) is 6.92 Å². The van der Waals surface area contributed by atoms with Crippen LogP contribution in [0.4, 0.5) is 5.13 Å². The van der Waals surface area contributed by atoms with Crippen molar-refractivity contribution in [1.29, 1.82) is 0 Å². The summed E-state index contributed by atoms with van der Waals surface area (Å²) >= 11 is 1.78. The number of aromatic nitrogens is 1. The van der Waals surface area contributed by atoms with E-state index in [0.717, 1.165) is 35.9 Å². The van der Waals surface area contributed by atoms with Gasteiger partial charge < -0.3 is 10.0 Å². The van der Waals surface area contributed by atoms with E-state index in [9.17, 15) is 5.11 Å². The summed E-state index contributed by atoms with van der Waals surface area (Å²) in [6.07, 6.45) is 2.81. The van der Waals surface area contributed by atoms with Crippen LogP contribution in [0.5, 0.6) is 0 Å². The molecule has 1 aromatic carbocycles. The average Bonchev–Trinajstić information content (AvgIpc) is 3.16. The molecule has 2 atom stereocenters. The molecule has 1 N–H and O–H groups in total. The highest BCUT2D eigenvalue weighted by Gasteiger charge is 2.28. The molecular weight excluding hydrogens is 318 g/mol. The minimum Gasteiger partial charge on any atom is -0.388 e. The van der Waals surface area contributed by atoms with Gasteiger partial charge in [-0.1, -0.05) is 30.3 Å². The molecule has 24 heavy (non-hydrogen) atoms. The number of aliphatic hydroxyl groups is 1. The summed E-state index contributed by atoms with van der Waals surface area (Å²) in [4.78, 5) is 10.6. The SMILES string of the molecule is Cc1nc(N(C)C)sc1CN1CCCC1CC(O)c1ccccc1. The van der Waals surface area contributed by atoms with E-state index < -0.39 is 0 Å². The van der Waals surface area contributed by atoms with Gasteiger partial charge in [0.25, 0.3) is 0 Å². The van der Waals surface area contributed by atoms with Gasteiger partial charge in [0.05, 0.1) is 11.8 Å². The summed E-state index contributed by atoms with van der Waals surface area (Å²) in [5.41, 5.74) is 2.16. The lowest BCUT2D eigenvalue weighted by molar-refractivity contribution is 0.118.